The van der Waals surface area contributed by atoms with Gasteiger partial charge in [0.1, 0.15) is 11.6 Å². The predicted molar refractivity (Wildman–Crippen MR) is 127 cm³/mol. The van der Waals surface area contributed by atoms with Gasteiger partial charge in [-0.25, -0.2) is 13.6 Å². The number of nitrogens with zero attached hydrogens (tertiary/aromatic N) is 2. The Labute approximate surface area is 192 Å². The molecular weight excluding hydrogens is 420 g/mol. The highest BCUT2D eigenvalue weighted by Gasteiger charge is 2.46. The Balaban J connectivity index is 1.35. The van der Waals surface area contributed by atoms with E-state index in [-0.39, 0.29) is 16.9 Å². The minimum absolute atomic E-state index is 0.139. The number of benzene rings is 3. The summed E-state index contributed by atoms with van der Waals surface area (Å²) in [5.41, 5.74) is 3.95. The van der Waals surface area contributed by atoms with E-state index in [1.165, 1.54) is 29.3 Å². The molecule has 170 valence electrons. The van der Waals surface area contributed by atoms with Gasteiger partial charge in [0, 0.05) is 24.2 Å². The maximum Gasteiger partial charge on any atom is 0.326 e. The molecule has 4 nitrogen and oxygen atoms in total. The fourth-order valence-electron chi connectivity index (χ4n) is 5.09. The van der Waals surface area contributed by atoms with Gasteiger partial charge in [-0.15, -0.1) is 0 Å². The molecule has 2 aliphatic rings. The molecule has 3 aromatic rings. The SMILES string of the molecule is Cc1ccc(CN2CCC3(CC2)CN(C(=O)Nc2ccccc2F)c2ccc(F)cc23)cc1. The van der Waals surface area contributed by atoms with E-state index in [0.29, 0.717) is 12.2 Å². The van der Waals surface area contributed by atoms with Crippen LogP contribution in [0.3, 0.4) is 0 Å². The Morgan fingerprint density at radius 1 is 1.00 bits per heavy atom. The van der Waals surface area contributed by atoms with Crippen LogP contribution in [0, 0.1) is 18.6 Å². The quantitative estimate of drug-likeness (QED) is 0.546. The van der Waals surface area contributed by atoms with E-state index in [1.807, 2.05) is 0 Å². The lowest BCUT2D eigenvalue weighted by molar-refractivity contribution is 0.160. The van der Waals surface area contributed by atoms with Crippen LogP contribution < -0.4 is 10.2 Å². The Bertz CT molecular complexity index is 1170. The number of carbonyl (C=O) groups excluding carboxylic acids is 1. The normalized spacial score (nSPS) is 17.2. The maximum atomic E-state index is 14.2. The number of piperidine rings is 1. The fraction of sp³-hybridized carbons (Fsp3) is 0.296. The average molecular weight is 448 g/mol. The summed E-state index contributed by atoms with van der Waals surface area (Å²) in [4.78, 5) is 17.2. The zero-order valence-electron chi connectivity index (χ0n) is 18.7. The van der Waals surface area contributed by atoms with Crippen LogP contribution in [-0.2, 0) is 12.0 Å². The maximum absolute atomic E-state index is 14.2. The van der Waals surface area contributed by atoms with Crippen molar-refractivity contribution in [2.45, 2.75) is 31.7 Å². The minimum atomic E-state index is -0.483. The van der Waals surface area contributed by atoms with Crippen LogP contribution in [0.15, 0.2) is 66.7 Å². The number of nitrogens with one attached hydrogen (secondary N) is 1. The summed E-state index contributed by atoms with van der Waals surface area (Å²) in [6.07, 6.45) is 1.66. The number of halogens is 2. The highest BCUT2D eigenvalue weighted by molar-refractivity contribution is 6.03. The number of carbonyl (C=O) groups is 1. The van der Waals surface area contributed by atoms with E-state index >= 15 is 0 Å². The zero-order valence-corrected chi connectivity index (χ0v) is 18.7. The van der Waals surface area contributed by atoms with E-state index < -0.39 is 11.8 Å². The molecule has 0 aliphatic carbocycles. The van der Waals surface area contributed by atoms with Crippen molar-refractivity contribution < 1.29 is 13.6 Å². The number of aryl methyl sites for hydroxylation is 1. The molecule has 6 heteroatoms. The second-order valence-electron chi connectivity index (χ2n) is 9.20. The zero-order chi connectivity index (χ0) is 23.0. The van der Waals surface area contributed by atoms with Gasteiger partial charge >= 0.3 is 6.03 Å². The smallest absolute Gasteiger partial charge is 0.305 e. The summed E-state index contributed by atoms with van der Waals surface area (Å²) in [6.45, 7) is 5.16. The van der Waals surface area contributed by atoms with Gasteiger partial charge in [-0.05, 0) is 74.3 Å². The van der Waals surface area contributed by atoms with Gasteiger partial charge in [0.05, 0.1) is 5.69 Å². The average Bonchev–Trinajstić information content (AvgIpc) is 3.12. The largest absolute Gasteiger partial charge is 0.326 e. The van der Waals surface area contributed by atoms with Crippen molar-refractivity contribution in [1.29, 1.82) is 0 Å². The molecule has 0 radical (unpaired) electrons. The topological polar surface area (TPSA) is 35.6 Å². The molecule has 0 atom stereocenters. The monoisotopic (exact) mass is 447 g/mol. The van der Waals surface area contributed by atoms with Gasteiger partial charge < -0.3 is 5.32 Å². The Morgan fingerprint density at radius 2 is 1.73 bits per heavy atom. The highest BCUT2D eigenvalue weighted by atomic mass is 19.1. The summed E-state index contributed by atoms with van der Waals surface area (Å²) in [5.74, 6) is -0.782. The first-order valence-corrected chi connectivity index (χ1v) is 11.3. The van der Waals surface area contributed by atoms with Crippen molar-refractivity contribution in [1.82, 2.24) is 4.90 Å². The van der Waals surface area contributed by atoms with Crippen molar-refractivity contribution in [2.75, 3.05) is 29.9 Å². The second-order valence-corrected chi connectivity index (χ2v) is 9.20. The minimum Gasteiger partial charge on any atom is -0.305 e. The third kappa shape index (κ3) is 4.23. The highest BCUT2D eigenvalue weighted by Crippen LogP contribution is 2.47. The number of likely N-dealkylation sites (tertiary alicyclic amines) is 1. The first kappa shape index (κ1) is 21.6. The van der Waals surface area contributed by atoms with Crippen molar-refractivity contribution in [3.8, 4) is 0 Å². The van der Waals surface area contributed by atoms with E-state index in [1.54, 1.807) is 29.2 Å². The van der Waals surface area contributed by atoms with Gasteiger partial charge in [-0.2, -0.15) is 0 Å². The first-order valence-electron chi connectivity index (χ1n) is 11.3. The van der Waals surface area contributed by atoms with Crippen LogP contribution in [0.1, 0.15) is 29.5 Å². The Morgan fingerprint density at radius 3 is 2.45 bits per heavy atom. The number of para-hydroxylation sites is 1. The Kier molecular flexibility index (Phi) is 5.62. The number of fused-ring (bicyclic) bond motifs is 2. The van der Waals surface area contributed by atoms with Crippen LogP contribution in [0.2, 0.25) is 0 Å². The molecule has 2 amide bonds. The van der Waals surface area contributed by atoms with E-state index in [4.69, 9.17) is 0 Å². The van der Waals surface area contributed by atoms with Crippen LogP contribution in [-0.4, -0.2) is 30.6 Å². The number of anilines is 2. The van der Waals surface area contributed by atoms with Gasteiger partial charge in [-0.3, -0.25) is 9.80 Å². The predicted octanol–water partition coefficient (Wildman–Crippen LogP) is 5.86. The molecule has 0 saturated carbocycles. The lowest BCUT2D eigenvalue weighted by Gasteiger charge is -2.40. The first-order chi connectivity index (χ1) is 15.9. The summed E-state index contributed by atoms with van der Waals surface area (Å²) < 4.78 is 28.3. The van der Waals surface area contributed by atoms with Crippen molar-refractivity contribution in [3.05, 3.63) is 95.1 Å². The molecule has 0 aromatic heterocycles. The number of urea groups is 1. The second kappa shape index (κ2) is 8.60. The van der Waals surface area contributed by atoms with Gasteiger partial charge in [0.25, 0.3) is 0 Å². The molecule has 1 saturated heterocycles. The summed E-state index contributed by atoms with van der Waals surface area (Å²) >= 11 is 0. The molecule has 0 bridgehead atoms. The number of hydrogen-bond donors (Lipinski definition) is 1. The standard InChI is InChI=1S/C27H27F2N3O/c1-19-6-8-20(9-7-19)17-31-14-12-27(13-15-31)18-32(25-11-10-21(28)16-22(25)27)26(33)30-24-5-3-2-4-23(24)29/h2-11,16H,12-15,17-18H2,1H3,(H,30,33). The number of amides is 2. The molecule has 33 heavy (non-hydrogen) atoms. The molecule has 3 aromatic carbocycles. The molecule has 5 rings (SSSR count). The van der Waals surface area contributed by atoms with Gasteiger partial charge in [0.2, 0.25) is 0 Å². The lowest BCUT2D eigenvalue weighted by Crippen LogP contribution is -2.46. The van der Waals surface area contributed by atoms with Crippen LogP contribution >= 0.6 is 0 Å². The van der Waals surface area contributed by atoms with Gasteiger partial charge in [0.15, 0.2) is 0 Å². The van der Waals surface area contributed by atoms with Crippen LogP contribution in [0.5, 0.6) is 0 Å². The molecule has 1 N–H and O–H groups in total. The molecule has 0 unspecified atom stereocenters. The van der Waals surface area contributed by atoms with Crippen LogP contribution in [0.4, 0.5) is 25.0 Å². The Hall–Kier alpha value is -3.25. The van der Waals surface area contributed by atoms with Crippen molar-refractivity contribution in [3.63, 3.8) is 0 Å². The number of rotatable bonds is 3. The molecule has 2 aliphatic heterocycles. The summed E-state index contributed by atoms with van der Waals surface area (Å²) in [7, 11) is 0. The summed E-state index contributed by atoms with van der Waals surface area (Å²) in [6, 6.07) is 18.9. The van der Waals surface area contributed by atoms with E-state index in [9.17, 15) is 13.6 Å². The van der Waals surface area contributed by atoms with E-state index in [0.717, 1.165) is 38.0 Å². The summed E-state index contributed by atoms with van der Waals surface area (Å²) in [5, 5.41) is 2.68. The van der Waals surface area contributed by atoms with Crippen molar-refractivity contribution >= 4 is 17.4 Å². The number of hydrogen-bond acceptors (Lipinski definition) is 2. The molecular formula is C27H27F2N3O. The van der Waals surface area contributed by atoms with E-state index in [2.05, 4.69) is 41.4 Å². The molecule has 1 spiro atoms. The lowest BCUT2D eigenvalue weighted by atomic mass is 9.74. The van der Waals surface area contributed by atoms with Crippen LogP contribution in [0.25, 0.3) is 0 Å². The molecule has 2 heterocycles. The fourth-order valence-corrected chi connectivity index (χ4v) is 5.09. The van der Waals surface area contributed by atoms with Crippen molar-refractivity contribution in [2.24, 2.45) is 0 Å². The molecule has 1 fully saturated rings. The van der Waals surface area contributed by atoms with Gasteiger partial charge in [-0.1, -0.05) is 42.0 Å². The third-order valence-electron chi connectivity index (χ3n) is 6.98. The third-order valence-corrected chi connectivity index (χ3v) is 6.98.